The molecule has 9 nitrogen and oxygen atoms in total. The van der Waals surface area contributed by atoms with Crippen molar-refractivity contribution in [2.24, 2.45) is 4.99 Å². The predicted molar refractivity (Wildman–Crippen MR) is 160 cm³/mol. The number of aromatic nitrogens is 3. The van der Waals surface area contributed by atoms with Crippen LogP contribution < -0.4 is 15.8 Å². The third kappa shape index (κ3) is 6.81. The molecule has 4 aromatic rings. The summed E-state index contributed by atoms with van der Waals surface area (Å²) in [6.07, 6.45) is -3.00. The molecule has 0 aliphatic carbocycles. The van der Waals surface area contributed by atoms with Gasteiger partial charge in [-0.1, -0.05) is 55.9 Å². The summed E-state index contributed by atoms with van der Waals surface area (Å²) in [4.78, 5) is 34.9. The molecule has 1 aromatic heterocycles. The van der Waals surface area contributed by atoms with Crippen molar-refractivity contribution in [3.63, 3.8) is 0 Å². The number of carbonyl (C=O) groups excluding carboxylic acids is 2. The molecule has 1 aliphatic heterocycles. The van der Waals surface area contributed by atoms with Gasteiger partial charge in [-0.05, 0) is 60.4 Å². The summed E-state index contributed by atoms with van der Waals surface area (Å²) in [6, 6.07) is 15.0. The van der Waals surface area contributed by atoms with Crippen LogP contribution in [0.25, 0.3) is 17.1 Å². The van der Waals surface area contributed by atoms with E-state index in [9.17, 15) is 27.2 Å². The second-order valence-corrected chi connectivity index (χ2v) is 11.2. The summed E-state index contributed by atoms with van der Waals surface area (Å²) >= 11 is 1.10. The van der Waals surface area contributed by atoms with Crippen LogP contribution in [0.1, 0.15) is 49.4 Å². The molecule has 1 saturated heterocycles. The summed E-state index contributed by atoms with van der Waals surface area (Å²) < 4.78 is 54.0. The maximum atomic E-state index is 14.1. The first kappa shape index (κ1) is 30.9. The molecule has 5 rings (SSSR count). The van der Waals surface area contributed by atoms with Crippen molar-refractivity contribution < 1.29 is 27.2 Å². The summed E-state index contributed by atoms with van der Waals surface area (Å²) in [7, 11) is 0. The molecular formula is C30H27F4N7O2S. The lowest BCUT2D eigenvalue weighted by molar-refractivity contribution is -0.137. The van der Waals surface area contributed by atoms with Gasteiger partial charge in [-0.3, -0.25) is 15.1 Å². The van der Waals surface area contributed by atoms with E-state index in [1.807, 2.05) is 32.9 Å². The number of aliphatic imine (C=N–C) groups is 1. The van der Waals surface area contributed by atoms with Gasteiger partial charge in [0.15, 0.2) is 11.0 Å². The number of halogens is 4. The van der Waals surface area contributed by atoms with E-state index in [1.54, 1.807) is 18.2 Å². The number of hydrogen-bond acceptors (Lipinski definition) is 6. The Bertz CT molecular complexity index is 1700. The highest BCUT2D eigenvalue weighted by atomic mass is 32.2. The highest BCUT2D eigenvalue weighted by Crippen LogP contribution is 2.34. The molecule has 0 saturated carbocycles. The van der Waals surface area contributed by atoms with Crippen molar-refractivity contribution >= 4 is 34.6 Å². The number of thioether (sulfide) groups is 1. The lowest BCUT2D eigenvalue weighted by atomic mass is 10.0. The lowest BCUT2D eigenvalue weighted by Gasteiger charge is -2.21. The molecule has 1 fully saturated rings. The zero-order valence-corrected chi connectivity index (χ0v) is 24.6. The highest BCUT2D eigenvalue weighted by Gasteiger charge is 2.33. The number of amides is 3. The van der Waals surface area contributed by atoms with Crippen molar-refractivity contribution in [3.05, 3.63) is 95.6 Å². The predicted octanol–water partition coefficient (Wildman–Crippen LogP) is 6.63. The van der Waals surface area contributed by atoms with Crippen LogP contribution in [0, 0.1) is 5.82 Å². The third-order valence-electron chi connectivity index (χ3n) is 6.83. The zero-order valence-electron chi connectivity index (χ0n) is 23.8. The number of urea groups is 1. The van der Waals surface area contributed by atoms with Gasteiger partial charge in [-0.2, -0.15) is 18.2 Å². The first-order valence-electron chi connectivity index (χ1n) is 13.5. The Morgan fingerprint density at radius 3 is 2.39 bits per heavy atom. The lowest BCUT2D eigenvalue weighted by Crippen LogP contribution is -2.39. The maximum Gasteiger partial charge on any atom is 0.416 e. The van der Waals surface area contributed by atoms with Crippen LogP contribution in [0.15, 0.2) is 78.0 Å². The number of hydrogen-bond donors (Lipinski definition) is 2. The van der Waals surface area contributed by atoms with Gasteiger partial charge in [-0.25, -0.2) is 24.3 Å². The zero-order chi connectivity index (χ0) is 31.6. The highest BCUT2D eigenvalue weighted by molar-refractivity contribution is 8.15. The third-order valence-corrected chi connectivity index (χ3v) is 7.76. The van der Waals surface area contributed by atoms with Gasteiger partial charge in [0.05, 0.1) is 22.7 Å². The number of anilines is 1. The normalized spacial score (nSPS) is 15.3. The first-order chi connectivity index (χ1) is 20.9. The van der Waals surface area contributed by atoms with E-state index >= 15 is 0 Å². The molecule has 0 spiro atoms. The maximum absolute atomic E-state index is 14.1. The van der Waals surface area contributed by atoms with Crippen molar-refractivity contribution in [1.82, 2.24) is 25.6 Å². The second kappa shape index (κ2) is 12.6. The van der Waals surface area contributed by atoms with Gasteiger partial charge < -0.3 is 0 Å². The van der Waals surface area contributed by atoms with E-state index in [4.69, 9.17) is 0 Å². The minimum Gasteiger partial charge on any atom is -0.273 e. The van der Waals surface area contributed by atoms with Crippen LogP contribution in [-0.2, 0) is 11.0 Å². The Labute approximate surface area is 254 Å². The average molecular weight is 626 g/mol. The van der Waals surface area contributed by atoms with Crippen LogP contribution in [0.2, 0.25) is 0 Å². The van der Waals surface area contributed by atoms with Gasteiger partial charge in [0.1, 0.15) is 12.1 Å². The molecule has 44 heavy (non-hydrogen) atoms. The fourth-order valence-electron chi connectivity index (χ4n) is 4.49. The second-order valence-electron chi connectivity index (χ2n) is 10.2. The quantitative estimate of drug-likeness (QED) is 0.177. The number of rotatable bonds is 7. The molecule has 1 atom stereocenters. The number of nitrogens with zero attached hydrogens (tertiary/aromatic N) is 5. The Kier molecular flexibility index (Phi) is 8.83. The van der Waals surface area contributed by atoms with Gasteiger partial charge in [0.25, 0.3) is 0 Å². The summed E-state index contributed by atoms with van der Waals surface area (Å²) in [5.41, 5.74) is 7.71. The fourth-order valence-corrected chi connectivity index (χ4v) is 5.35. The van der Waals surface area contributed by atoms with Crippen LogP contribution in [0.4, 0.5) is 28.0 Å². The molecule has 3 aromatic carbocycles. The first-order valence-corrected chi connectivity index (χ1v) is 14.5. The molecule has 2 N–H and O–H groups in total. The van der Waals surface area contributed by atoms with Crippen LogP contribution in [-0.4, -0.2) is 37.6 Å². The Balaban J connectivity index is 1.22. The van der Waals surface area contributed by atoms with Crippen molar-refractivity contribution in [1.29, 1.82) is 0 Å². The molecule has 1 unspecified atom stereocenters. The van der Waals surface area contributed by atoms with Gasteiger partial charge in [0.2, 0.25) is 5.91 Å². The monoisotopic (exact) mass is 625 g/mol. The molecule has 0 bridgehead atoms. The number of nitrogens with one attached hydrogen (secondary N) is 2. The van der Waals surface area contributed by atoms with E-state index < -0.39 is 23.6 Å². The molecule has 1 aliphatic rings. The number of hydrazine groups is 1. The molecule has 14 heteroatoms. The van der Waals surface area contributed by atoms with Crippen LogP contribution in [0.3, 0.4) is 0 Å². The van der Waals surface area contributed by atoms with Gasteiger partial charge in [-0.15, -0.1) is 5.10 Å². The number of amidine groups is 1. The SMILES string of the molecule is CC(C)c1ccc(F)cc1N1C(=O)CS/C1=N\C(=O)NNC(C)c1ccc(-c2ncn(-c3ccc(C(F)(F)F)cc3)n2)cc1. The summed E-state index contributed by atoms with van der Waals surface area (Å²) in [5.74, 6) is -0.322. The van der Waals surface area contributed by atoms with Gasteiger partial charge in [0, 0.05) is 11.6 Å². The van der Waals surface area contributed by atoms with Crippen molar-refractivity contribution in [3.8, 4) is 17.1 Å². The van der Waals surface area contributed by atoms with Crippen LogP contribution >= 0.6 is 11.8 Å². The smallest absolute Gasteiger partial charge is 0.273 e. The molecule has 2 heterocycles. The minimum atomic E-state index is -4.42. The average Bonchev–Trinajstić information content (AvgIpc) is 3.62. The van der Waals surface area contributed by atoms with E-state index in [-0.39, 0.29) is 28.8 Å². The van der Waals surface area contributed by atoms with Crippen LogP contribution in [0.5, 0.6) is 0 Å². The minimum absolute atomic E-state index is 0.0125. The number of alkyl halides is 3. The molecule has 228 valence electrons. The molecular weight excluding hydrogens is 598 g/mol. The molecule has 0 radical (unpaired) electrons. The topological polar surface area (TPSA) is 105 Å². The Morgan fingerprint density at radius 2 is 1.73 bits per heavy atom. The van der Waals surface area contributed by atoms with E-state index in [0.717, 1.165) is 35.0 Å². The Morgan fingerprint density at radius 1 is 1.02 bits per heavy atom. The standard InChI is InChI=1S/C30H27F4N7O2S/c1-17(2)24-13-10-22(31)14-25(24)41-26(42)15-44-29(41)36-28(43)38-37-18(3)19-4-6-20(7-5-19)27-35-16-40(39-27)23-11-8-21(9-12-23)30(32,33)34/h4-14,16-18,37H,15H2,1-3H3,(H,38,43)/b36-29-. The molecule has 3 amide bonds. The number of benzene rings is 3. The largest absolute Gasteiger partial charge is 0.416 e. The van der Waals surface area contributed by atoms with E-state index in [2.05, 4.69) is 25.9 Å². The van der Waals surface area contributed by atoms with E-state index in [0.29, 0.717) is 22.8 Å². The van der Waals surface area contributed by atoms with Crippen molar-refractivity contribution in [2.75, 3.05) is 10.7 Å². The van der Waals surface area contributed by atoms with Gasteiger partial charge >= 0.3 is 12.2 Å². The summed E-state index contributed by atoms with van der Waals surface area (Å²) in [6.45, 7) is 5.68. The summed E-state index contributed by atoms with van der Waals surface area (Å²) in [5, 5.41) is 4.52. The van der Waals surface area contributed by atoms with E-state index in [1.165, 1.54) is 40.2 Å². The fraction of sp³-hybridized carbons (Fsp3) is 0.233. The Hall–Kier alpha value is -4.56. The van der Waals surface area contributed by atoms with Crippen molar-refractivity contribution in [2.45, 2.75) is 38.9 Å². The number of carbonyl (C=O) groups is 2.